The molecular weight excluding hydrogens is 260 g/mol. The van der Waals surface area contributed by atoms with Gasteiger partial charge in [0.2, 0.25) is 5.91 Å². The lowest BCUT2D eigenvalue weighted by Gasteiger charge is -2.11. The Kier molecular flexibility index (Phi) is 4.60. The fourth-order valence-corrected chi connectivity index (χ4v) is 2.37. The number of aromatic nitrogens is 2. The minimum Gasteiger partial charge on any atom is -0.461 e. The molecule has 0 bridgehead atoms. The minimum absolute atomic E-state index is 0.0557. The molecule has 1 amide bonds. The van der Waals surface area contributed by atoms with Gasteiger partial charge in [-0.05, 0) is 19.8 Å². The van der Waals surface area contributed by atoms with E-state index in [9.17, 15) is 9.59 Å². The average Bonchev–Trinajstić information content (AvgIpc) is 2.99. The highest BCUT2D eigenvalue weighted by molar-refractivity contribution is 5.92. The minimum atomic E-state index is -0.569. The van der Waals surface area contributed by atoms with Gasteiger partial charge in [0.15, 0.2) is 5.69 Å². The summed E-state index contributed by atoms with van der Waals surface area (Å²) in [6, 6.07) is 0.264. The first kappa shape index (κ1) is 14.4. The second-order valence-electron chi connectivity index (χ2n) is 4.90. The van der Waals surface area contributed by atoms with Crippen molar-refractivity contribution in [1.29, 1.82) is 0 Å². The van der Waals surface area contributed by atoms with Crippen LogP contribution < -0.4 is 11.1 Å². The van der Waals surface area contributed by atoms with E-state index in [-0.39, 0.29) is 36.5 Å². The molecule has 0 spiro atoms. The summed E-state index contributed by atoms with van der Waals surface area (Å²) in [5.74, 6) is -0.685. The molecule has 1 saturated carbocycles. The van der Waals surface area contributed by atoms with Gasteiger partial charge in [-0.3, -0.25) is 9.48 Å². The number of nitrogens with zero attached hydrogens (tertiary/aromatic N) is 2. The molecule has 0 unspecified atom stereocenters. The molecule has 1 aromatic rings. The van der Waals surface area contributed by atoms with Gasteiger partial charge >= 0.3 is 5.97 Å². The maximum atomic E-state index is 11.9. The van der Waals surface area contributed by atoms with Crippen molar-refractivity contribution in [3.63, 3.8) is 0 Å². The van der Waals surface area contributed by atoms with Crippen LogP contribution in [0.5, 0.6) is 0 Å². The first-order valence-corrected chi connectivity index (χ1v) is 6.89. The number of carbonyl (C=O) groups excluding carboxylic acids is 2. The molecule has 1 aliphatic carbocycles. The van der Waals surface area contributed by atoms with E-state index in [4.69, 9.17) is 10.5 Å². The Labute approximate surface area is 117 Å². The molecule has 7 heteroatoms. The van der Waals surface area contributed by atoms with Gasteiger partial charge in [0.05, 0.1) is 12.3 Å². The van der Waals surface area contributed by atoms with Gasteiger partial charge < -0.3 is 15.8 Å². The van der Waals surface area contributed by atoms with Crippen molar-refractivity contribution in [3.05, 3.63) is 11.9 Å². The molecule has 0 atom stereocenters. The summed E-state index contributed by atoms with van der Waals surface area (Å²) >= 11 is 0. The largest absolute Gasteiger partial charge is 0.461 e. The van der Waals surface area contributed by atoms with E-state index in [0.717, 1.165) is 25.7 Å². The third-order valence-corrected chi connectivity index (χ3v) is 3.28. The van der Waals surface area contributed by atoms with Crippen LogP contribution in [0.15, 0.2) is 6.20 Å². The van der Waals surface area contributed by atoms with Gasteiger partial charge in [-0.1, -0.05) is 12.8 Å². The third-order valence-electron chi connectivity index (χ3n) is 3.28. The first-order chi connectivity index (χ1) is 9.60. The first-order valence-electron chi connectivity index (χ1n) is 6.89. The summed E-state index contributed by atoms with van der Waals surface area (Å²) in [4.78, 5) is 23.4. The van der Waals surface area contributed by atoms with Crippen molar-refractivity contribution >= 4 is 17.6 Å². The van der Waals surface area contributed by atoms with Crippen LogP contribution in [0.25, 0.3) is 0 Å². The number of amides is 1. The number of anilines is 1. The van der Waals surface area contributed by atoms with Crippen molar-refractivity contribution in [3.8, 4) is 0 Å². The van der Waals surface area contributed by atoms with Gasteiger partial charge in [-0.25, -0.2) is 4.79 Å². The summed E-state index contributed by atoms with van der Waals surface area (Å²) < 4.78 is 6.21. The molecule has 0 saturated heterocycles. The summed E-state index contributed by atoms with van der Waals surface area (Å²) in [5, 5.41) is 6.95. The van der Waals surface area contributed by atoms with Crippen molar-refractivity contribution < 1.29 is 14.3 Å². The predicted molar refractivity (Wildman–Crippen MR) is 73.0 cm³/mol. The Bertz CT molecular complexity index is 492. The van der Waals surface area contributed by atoms with Gasteiger partial charge in [0, 0.05) is 12.2 Å². The average molecular weight is 280 g/mol. The quantitative estimate of drug-likeness (QED) is 0.773. The van der Waals surface area contributed by atoms with E-state index in [1.807, 2.05) is 0 Å². The van der Waals surface area contributed by atoms with Gasteiger partial charge in [0.1, 0.15) is 6.54 Å². The molecule has 1 fully saturated rings. The topological polar surface area (TPSA) is 99.2 Å². The van der Waals surface area contributed by atoms with Crippen LogP contribution in [-0.2, 0) is 16.1 Å². The van der Waals surface area contributed by atoms with Crippen LogP contribution in [0.4, 0.5) is 5.69 Å². The zero-order valence-corrected chi connectivity index (χ0v) is 11.6. The number of nitrogens with one attached hydrogen (secondary N) is 1. The molecule has 110 valence electrons. The fraction of sp³-hybridized carbons (Fsp3) is 0.615. The van der Waals surface area contributed by atoms with Crippen molar-refractivity contribution in [2.45, 2.75) is 45.2 Å². The molecule has 0 radical (unpaired) electrons. The molecule has 2 rings (SSSR count). The smallest absolute Gasteiger partial charge is 0.361 e. The number of rotatable bonds is 5. The lowest BCUT2D eigenvalue weighted by Crippen LogP contribution is -2.35. The van der Waals surface area contributed by atoms with Gasteiger partial charge in [-0.2, -0.15) is 5.10 Å². The van der Waals surface area contributed by atoms with Crippen LogP contribution in [-0.4, -0.2) is 34.3 Å². The van der Waals surface area contributed by atoms with E-state index in [0.29, 0.717) is 0 Å². The third kappa shape index (κ3) is 3.49. The number of hydrogen-bond donors (Lipinski definition) is 2. The number of carbonyl (C=O) groups is 2. The summed E-state index contributed by atoms with van der Waals surface area (Å²) in [6.07, 6.45) is 5.85. The summed E-state index contributed by atoms with van der Waals surface area (Å²) in [7, 11) is 0. The standard InChI is InChI=1S/C13H20N4O3/c1-2-20-13(19)12-10(14)7-17(16-12)8-11(18)15-9-5-3-4-6-9/h7,9H,2-6,8,14H2,1H3,(H,15,18). The van der Waals surface area contributed by atoms with Gasteiger partial charge in [0.25, 0.3) is 0 Å². The zero-order valence-electron chi connectivity index (χ0n) is 11.6. The Morgan fingerprint density at radius 1 is 1.50 bits per heavy atom. The molecule has 0 aromatic carbocycles. The Morgan fingerprint density at radius 2 is 2.20 bits per heavy atom. The number of nitrogen functional groups attached to an aromatic ring is 1. The Morgan fingerprint density at radius 3 is 2.85 bits per heavy atom. The highest BCUT2D eigenvalue weighted by Crippen LogP contribution is 2.17. The lowest BCUT2D eigenvalue weighted by molar-refractivity contribution is -0.122. The van der Waals surface area contributed by atoms with E-state index >= 15 is 0 Å². The molecule has 1 heterocycles. The fourth-order valence-electron chi connectivity index (χ4n) is 2.37. The second kappa shape index (κ2) is 6.40. The van der Waals surface area contributed by atoms with Gasteiger partial charge in [-0.15, -0.1) is 0 Å². The SMILES string of the molecule is CCOC(=O)c1nn(CC(=O)NC2CCCC2)cc1N. The molecule has 1 aromatic heterocycles. The second-order valence-corrected chi connectivity index (χ2v) is 4.90. The zero-order chi connectivity index (χ0) is 14.5. The van der Waals surface area contributed by atoms with Crippen LogP contribution >= 0.6 is 0 Å². The number of nitrogens with two attached hydrogens (primary N) is 1. The molecule has 20 heavy (non-hydrogen) atoms. The number of hydrogen-bond acceptors (Lipinski definition) is 5. The molecular formula is C13H20N4O3. The molecule has 0 aliphatic heterocycles. The normalized spacial score (nSPS) is 15.2. The highest BCUT2D eigenvalue weighted by Gasteiger charge is 2.19. The van der Waals surface area contributed by atoms with Crippen LogP contribution in [0.3, 0.4) is 0 Å². The predicted octanol–water partition coefficient (Wildman–Crippen LogP) is 0.701. The summed E-state index contributed by atoms with van der Waals surface area (Å²) in [5.41, 5.74) is 5.97. The highest BCUT2D eigenvalue weighted by atomic mass is 16.5. The molecule has 3 N–H and O–H groups in total. The van der Waals surface area contributed by atoms with E-state index < -0.39 is 5.97 Å². The van der Waals surface area contributed by atoms with E-state index in [1.54, 1.807) is 6.92 Å². The van der Waals surface area contributed by atoms with Crippen LogP contribution in [0, 0.1) is 0 Å². The Hall–Kier alpha value is -2.05. The maximum absolute atomic E-state index is 11.9. The van der Waals surface area contributed by atoms with Crippen molar-refractivity contribution in [2.24, 2.45) is 0 Å². The maximum Gasteiger partial charge on any atom is 0.361 e. The lowest BCUT2D eigenvalue weighted by atomic mass is 10.2. The van der Waals surface area contributed by atoms with Crippen molar-refractivity contribution in [2.75, 3.05) is 12.3 Å². The molecule has 1 aliphatic rings. The number of ether oxygens (including phenoxy) is 1. The Balaban J connectivity index is 1.94. The van der Waals surface area contributed by atoms with Crippen LogP contribution in [0.1, 0.15) is 43.1 Å². The number of esters is 1. The van der Waals surface area contributed by atoms with Crippen LogP contribution in [0.2, 0.25) is 0 Å². The van der Waals surface area contributed by atoms with E-state index in [1.165, 1.54) is 10.9 Å². The molecule has 7 nitrogen and oxygen atoms in total. The monoisotopic (exact) mass is 280 g/mol. The summed E-state index contributed by atoms with van der Waals surface area (Å²) in [6.45, 7) is 2.02. The van der Waals surface area contributed by atoms with E-state index in [2.05, 4.69) is 10.4 Å². The van der Waals surface area contributed by atoms with Crippen molar-refractivity contribution in [1.82, 2.24) is 15.1 Å².